The van der Waals surface area contributed by atoms with Crippen molar-refractivity contribution in [3.8, 4) is 0 Å². The minimum Gasteiger partial charge on any atom is -0.374 e. The van der Waals surface area contributed by atoms with Crippen molar-refractivity contribution in [1.82, 2.24) is 4.90 Å². The van der Waals surface area contributed by atoms with Crippen molar-refractivity contribution in [2.45, 2.75) is 19.4 Å². The molecule has 3 nitrogen and oxygen atoms in total. The zero-order valence-electron chi connectivity index (χ0n) is 11.8. The molecule has 1 aromatic rings. The van der Waals surface area contributed by atoms with E-state index in [0.717, 1.165) is 12.5 Å². The highest BCUT2D eigenvalue weighted by Crippen LogP contribution is 2.21. The predicted octanol–water partition coefficient (Wildman–Crippen LogP) is 2.09. The Morgan fingerprint density at radius 2 is 2.06 bits per heavy atom. The van der Waals surface area contributed by atoms with Gasteiger partial charge in [0.25, 0.3) is 0 Å². The Bertz CT molecular complexity index is 372. The van der Waals surface area contributed by atoms with E-state index < -0.39 is 0 Å². The second kappa shape index (κ2) is 5.72. The van der Waals surface area contributed by atoms with Crippen LogP contribution in [0.4, 0.5) is 5.69 Å². The third-order valence-corrected chi connectivity index (χ3v) is 3.88. The van der Waals surface area contributed by atoms with Crippen LogP contribution in [0.2, 0.25) is 0 Å². The summed E-state index contributed by atoms with van der Waals surface area (Å²) in [6, 6.07) is 8.75. The SMILES string of the molecule is C[C@H](N)c1ccc(N(C)CC2CCN(C)C2)cc1. The van der Waals surface area contributed by atoms with Gasteiger partial charge in [0.15, 0.2) is 0 Å². The second-order valence-corrected chi connectivity index (χ2v) is 5.68. The predicted molar refractivity (Wildman–Crippen MR) is 77.9 cm³/mol. The molecule has 2 N–H and O–H groups in total. The minimum absolute atomic E-state index is 0.118. The first-order valence-electron chi connectivity index (χ1n) is 6.81. The highest BCUT2D eigenvalue weighted by molar-refractivity contribution is 5.47. The molecule has 0 aliphatic carbocycles. The fourth-order valence-electron chi connectivity index (χ4n) is 2.70. The molecule has 0 aromatic heterocycles. The zero-order chi connectivity index (χ0) is 13.1. The van der Waals surface area contributed by atoms with E-state index in [9.17, 15) is 0 Å². The van der Waals surface area contributed by atoms with Crippen LogP contribution in [0.3, 0.4) is 0 Å². The Hall–Kier alpha value is -1.06. The van der Waals surface area contributed by atoms with Crippen LogP contribution in [0.5, 0.6) is 0 Å². The molecule has 1 heterocycles. The molecule has 0 saturated carbocycles. The summed E-state index contributed by atoms with van der Waals surface area (Å²) in [5, 5.41) is 0. The summed E-state index contributed by atoms with van der Waals surface area (Å²) < 4.78 is 0. The van der Waals surface area contributed by atoms with Crippen LogP contribution in [-0.4, -0.2) is 38.6 Å². The lowest BCUT2D eigenvalue weighted by molar-refractivity contribution is 0.396. The smallest absolute Gasteiger partial charge is 0.0363 e. The monoisotopic (exact) mass is 247 g/mol. The van der Waals surface area contributed by atoms with Crippen molar-refractivity contribution in [1.29, 1.82) is 0 Å². The number of anilines is 1. The number of rotatable bonds is 4. The summed E-state index contributed by atoms with van der Waals surface area (Å²) in [6.07, 6.45) is 1.32. The minimum atomic E-state index is 0.118. The van der Waals surface area contributed by atoms with Gasteiger partial charge in [-0.15, -0.1) is 0 Å². The molecule has 100 valence electrons. The fourth-order valence-corrected chi connectivity index (χ4v) is 2.70. The average molecular weight is 247 g/mol. The lowest BCUT2D eigenvalue weighted by Crippen LogP contribution is -2.27. The third-order valence-electron chi connectivity index (χ3n) is 3.88. The Labute approximate surface area is 111 Å². The number of nitrogens with two attached hydrogens (primary N) is 1. The molecular formula is C15H25N3. The van der Waals surface area contributed by atoms with Gasteiger partial charge in [0.05, 0.1) is 0 Å². The van der Waals surface area contributed by atoms with Crippen molar-refractivity contribution < 1.29 is 0 Å². The second-order valence-electron chi connectivity index (χ2n) is 5.68. The summed E-state index contributed by atoms with van der Waals surface area (Å²) in [7, 11) is 4.39. The number of hydrogen-bond acceptors (Lipinski definition) is 3. The molecule has 2 atom stereocenters. The molecule has 1 aliphatic rings. The number of likely N-dealkylation sites (tertiary alicyclic amines) is 1. The van der Waals surface area contributed by atoms with Gasteiger partial charge < -0.3 is 15.5 Å². The molecule has 0 spiro atoms. The molecule has 3 heteroatoms. The first-order chi connectivity index (χ1) is 8.56. The van der Waals surface area contributed by atoms with Crippen molar-refractivity contribution in [3.05, 3.63) is 29.8 Å². The first kappa shape index (κ1) is 13.4. The number of hydrogen-bond donors (Lipinski definition) is 1. The fraction of sp³-hybridized carbons (Fsp3) is 0.600. The van der Waals surface area contributed by atoms with Crippen LogP contribution in [0, 0.1) is 5.92 Å². The summed E-state index contributed by atoms with van der Waals surface area (Å²) in [6.45, 7) is 5.62. The van der Waals surface area contributed by atoms with Crippen LogP contribution < -0.4 is 10.6 Å². The quantitative estimate of drug-likeness (QED) is 0.884. The van der Waals surface area contributed by atoms with Gasteiger partial charge in [-0.25, -0.2) is 0 Å². The van der Waals surface area contributed by atoms with Crippen LogP contribution in [0.25, 0.3) is 0 Å². The molecule has 0 bridgehead atoms. The summed E-state index contributed by atoms with van der Waals surface area (Å²) in [4.78, 5) is 4.77. The normalized spacial score (nSPS) is 22.1. The Morgan fingerprint density at radius 3 is 2.56 bits per heavy atom. The van der Waals surface area contributed by atoms with Crippen molar-refractivity contribution in [2.24, 2.45) is 11.7 Å². The van der Waals surface area contributed by atoms with E-state index in [-0.39, 0.29) is 6.04 Å². The maximum atomic E-state index is 5.87. The molecule has 0 radical (unpaired) electrons. The molecule has 1 aromatic carbocycles. The third kappa shape index (κ3) is 3.24. The average Bonchev–Trinajstić information content (AvgIpc) is 2.75. The highest BCUT2D eigenvalue weighted by atomic mass is 15.1. The van der Waals surface area contributed by atoms with Crippen LogP contribution in [0.1, 0.15) is 24.9 Å². The van der Waals surface area contributed by atoms with Crippen LogP contribution in [0.15, 0.2) is 24.3 Å². The van der Waals surface area contributed by atoms with Gasteiger partial charge in [-0.2, -0.15) is 0 Å². The molecule has 2 rings (SSSR count). The molecule has 0 amide bonds. The lowest BCUT2D eigenvalue weighted by atomic mass is 10.1. The summed E-state index contributed by atoms with van der Waals surface area (Å²) in [5.74, 6) is 0.799. The maximum Gasteiger partial charge on any atom is 0.0363 e. The first-order valence-corrected chi connectivity index (χ1v) is 6.81. The van der Waals surface area contributed by atoms with E-state index in [1.54, 1.807) is 0 Å². The largest absolute Gasteiger partial charge is 0.374 e. The lowest BCUT2D eigenvalue weighted by Gasteiger charge is -2.23. The standard InChI is InChI=1S/C15H25N3/c1-12(16)14-4-6-15(7-5-14)18(3)11-13-8-9-17(2)10-13/h4-7,12-13H,8-11,16H2,1-3H3/t12-,13?/m0/s1. The van der Waals surface area contributed by atoms with Crippen molar-refractivity contribution in [3.63, 3.8) is 0 Å². The van der Waals surface area contributed by atoms with Gasteiger partial charge >= 0.3 is 0 Å². The van der Waals surface area contributed by atoms with E-state index in [1.807, 2.05) is 6.92 Å². The van der Waals surface area contributed by atoms with E-state index >= 15 is 0 Å². The Morgan fingerprint density at radius 1 is 1.39 bits per heavy atom. The Balaban J connectivity index is 1.94. The molecule has 1 unspecified atom stereocenters. The molecular weight excluding hydrogens is 222 g/mol. The van der Waals surface area contributed by atoms with Gasteiger partial charge in [-0.1, -0.05) is 12.1 Å². The summed E-state index contributed by atoms with van der Waals surface area (Å²) in [5.41, 5.74) is 8.36. The van der Waals surface area contributed by atoms with Gasteiger partial charge in [0, 0.05) is 31.9 Å². The topological polar surface area (TPSA) is 32.5 Å². The number of nitrogens with zero attached hydrogens (tertiary/aromatic N) is 2. The van der Waals surface area contributed by atoms with Crippen LogP contribution >= 0.6 is 0 Å². The van der Waals surface area contributed by atoms with E-state index in [1.165, 1.54) is 30.8 Å². The Kier molecular flexibility index (Phi) is 4.25. The van der Waals surface area contributed by atoms with Gasteiger partial charge in [-0.05, 0) is 50.6 Å². The zero-order valence-corrected chi connectivity index (χ0v) is 11.8. The number of benzene rings is 1. The molecule has 1 aliphatic heterocycles. The maximum absolute atomic E-state index is 5.87. The molecule has 1 saturated heterocycles. The summed E-state index contributed by atoms with van der Waals surface area (Å²) >= 11 is 0. The van der Waals surface area contributed by atoms with Gasteiger partial charge in [0.1, 0.15) is 0 Å². The van der Waals surface area contributed by atoms with Crippen molar-refractivity contribution in [2.75, 3.05) is 38.6 Å². The van der Waals surface area contributed by atoms with E-state index in [2.05, 4.69) is 48.2 Å². The molecule has 18 heavy (non-hydrogen) atoms. The van der Waals surface area contributed by atoms with Crippen LogP contribution in [-0.2, 0) is 0 Å². The molecule has 1 fully saturated rings. The van der Waals surface area contributed by atoms with E-state index in [0.29, 0.717) is 0 Å². The van der Waals surface area contributed by atoms with Gasteiger partial charge in [0.2, 0.25) is 0 Å². The highest BCUT2D eigenvalue weighted by Gasteiger charge is 2.20. The van der Waals surface area contributed by atoms with Gasteiger partial charge in [-0.3, -0.25) is 0 Å². The van der Waals surface area contributed by atoms with Crippen molar-refractivity contribution >= 4 is 5.69 Å². The van der Waals surface area contributed by atoms with E-state index in [4.69, 9.17) is 5.73 Å².